The topological polar surface area (TPSA) is 0 Å². The molecule has 0 spiro atoms. The second-order valence-corrected chi connectivity index (χ2v) is 9.64. The zero-order chi connectivity index (χ0) is 24.8. The van der Waals surface area contributed by atoms with Gasteiger partial charge in [0.15, 0.2) is 11.6 Å². The molecule has 0 aromatic heterocycles. The lowest BCUT2D eigenvalue weighted by atomic mass is 9.55. The highest BCUT2D eigenvalue weighted by Crippen LogP contribution is 2.56. The quantitative estimate of drug-likeness (QED) is 0.317. The zero-order valence-electron chi connectivity index (χ0n) is 18.6. The maximum Gasteiger partial charge on any atom is 0.416 e. The number of benzene rings is 3. The highest BCUT2D eigenvalue weighted by atomic mass is 35.5. The first-order valence-electron chi connectivity index (χ1n) is 11.0. The molecule has 3 aromatic carbocycles. The summed E-state index contributed by atoms with van der Waals surface area (Å²) in [6.45, 7) is 3.75. The van der Waals surface area contributed by atoms with E-state index >= 15 is 0 Å². The fourth-order valence-corrected chi connectivity index (χ4v) is 5.64. The highest BCUT2D eigenvalue weighted by Gasteiger charge is 2.47. The van der Waals surface area contributed by atoms with Crippen molar-refractivity contribution in [3.05, 3.63) is 105 Å². The predicted molar refractivity (Wildman–Crippen MR) is 120 cm³/mol. The monoisotopic (exact) mass is 496 g/mol. The third-order valence-electron chi connectivity index (χ3n) is 7.06. The fourth-order valence-electron chi connectivity index (χ4n) is 5.46. The molecule has 34 heavy (non-hydrogen) atoms. The summed E-state index contributed by atoms with van der Waals surface area (Å²) in [7, 11) is 0. The maximum atomic E-state index is 14.5. The Balaban J connectivity index is 2.04. The number of aryl methyl sites for hydroxylation is 1. The van der Waals surface area contributed by atoms with E-state index in [9.17, 15) is 26.3 Å². The van der Waals surface area contributed by atoms with Crippen LogP contribution in [0.25, 0.3) is 0 Å². The minimum atomic E-state index is -4.53. The standard InChI is InChI=1S/C27H23ClF6/c1-15-3-8-21(20-11-19(27(32,33)34)5-4-16(20)2)26(14-15,17-6-9-23(29)22(28)12-17)18-7-10-24(30)25(31)13-18/h4-7,9-13,15,21H,3,8,14H2,1-2H3. The van der Waals surface area contributed by atoms with Gasteiger partial charge in [0.2, 0.25) is 0 Å². The molecule has 0 saturated heterocycles. The molecule has 0 heterocycles. The van der Waals surface area contributed by atoms with Gasteiger partial charge in [0.1, 0.15) is 5.82 Å². The molecule has 1 saturated carbocycles. The molecule has 0 N–H and O–H groups in total. The van der Waals surface area contributed by atoms with Gasteiger partial charge in [-0.05, 0) is 90.3 Å². The fraction of sp³-hybridized carbons (Fsp3) is 0.333. The van der Waals surface area contributed by atoms with Crippen molar-refractivity contribution in [3.8, 4) is 0 Å². The van der Waals surface area contributed by atoms with Gasteiger partial charge < -0.3 is 0 Å². The molecule has 1 aliphatic carbocycles. The summed E-state index contributed by atoms with van der Waals surface area (Å²) < 4.78 is 83.3. The van der Waals surface area contributed by atoms with Gasteiger partial charge in [-0.2, -0.15) is 13.2 Å². The Morgan fingerprint density at radius 1 is 0.824 bits per heavy atom. The Morgan fingerprint density at radius 2 is 1.47 bits per heavy atom. The van der Waals surface area contributed by atoms with Crippen LogP contribution in [0.2, 0.25) is 5.02 Å². The van der Waals surface area contributed by atoms with Gasteiger partial charge in [-0.15, -0.1) is 0 Å². The van der Waals surface area contributed by atoms with Crippen molar-refractivity contribution in [1.29, 1.82) is 0 Å². The molecule has 180 valence electrons. The molecule has 7 heteroatoms. The predicted octanol–water partition coefficient (Wildman–Crippen LogP) is 8.97. The second-order valence-electron chi connectivity index (χ2n) is 9.24. The van der Waals surface area contributed by atoms with Gasteiger partial charge in [-0.1, -0.05) is 43.1 Å². The molecule has 1 aliphatic rings. The average molecular weight is 497 g/mol. The van der Waals surface area contributed by atoms with Crippen molar-refractivity contribution in [2.45, 2.75) is 50.6 Å². The number of hydrogen-bond donors (Lipinski definition) is 0. The molecule has 0 aliphatic heterocycles. The Labute approximate surface area is 199 Å². The van der Waals surface area contributed by atoms with Gasteiger partial charge >= 0.3 is 6.18 Å². The van der Waals surface area contributed by atoms with E-state index in [0.29, 0.717) is 35.1 Å². The summed E-state index contributed by atoms with van der Waals surface area (Å²) in [5.74, 6) is -3.09. The summed E-state index contributed by atoms with van der Waals surface area (Å²) in [6, 6.07) is 11.4. The van der Waals surface area contributed by atoms with Crippen molar-refractivity contribution in [2.24, 2.45) is 5.92 Å². The molecule has 4 rings (SSSR count). The third-order valence-corrected chi connectivity index (χ3v) is 7.35. The van der Waals surface area contributed by atoms with E-state index in [4.69, 9.17) is 11.6 Å². The third kappa shape index (κ3) is 4.33. The van der Waals surface area contributed by atoms with Gasteiger partial charge in [-0.3, -0.25) is 0 Å². The molecule has 0 nitrogen and oxygen atoms in total. The zero-order valence-corrected chi connectivity index (χ0v) is 19.4. The summed E-state index contributed by atoms with van der Waals surface area (Å²) >= 11 is 6.13. The van der Waals surface area contributed by atoms with Crippen molar-refractivity contribution >= 4 is 11.6 Å². The van der Waals surface area contributed by atoms with Crippen LogP contribution in [0, 0.1) is 30.3 Å². The van der Waals surface area contributed by atoms with Crippen LogP contribution in [0.15, 0.2) is 54.6 Å². The molecule has 3 atom stereocenters. The molecule has 0 radical (unpaired) electrons. The number of alkyl halides is 3. The lowest BCUT2D eigenvalue weighted by Crippen LogP contribution is -2.41. The van der Waals surface area contributed by atoms with Crippen molar-refractivity contribution in [3.63, 3.8) is 0 Å². The molecular formula is C27H23ClF6. The summed E-state index contributed by atoms with van der Waals surface area (Å²) in [4.78, 5) is 0. The van der Waals surface area contributed by atoms with Crippen molar-refractivity contribution in [2.75, 3.05) is 0 Å². The van der Waals surface area contributed by atoms with Crippen LogP contribution in [0.4, 0.5) is 26.3 Å². The Hall–Kier alpha value is -2.47. The molecule has 1 fully saturated rings. The number of hydrogen-bond acceptors (Lipinski definition) is 0. The SMILES string of the molecule is Cc1ccc(C(F)(F)F)cc1C1CCC(C)CC1(c1ccc(F)c(F)c1)c1ccc(F)c(Cl)c1. The highest BCUT2D eigenvalue weighted by molar-refractivity contribution is 6.30. The van der Waals surface area contributed by atoms with Gasteiger partial charge in [-0.25, -0.2) is 13.2 Å². The summed E-state index contributed by atoms with van der Waals surface area (Å²) in [5.41, 5.74) is 0.293. The molecule has 0 bridgehead atoms. The first kappa shape index (κ1) is 24.6. The summed E-state index contributed by atoms with van der Waals surface area (Å²) in [6.07, 6.45) is -2.84. The molecule has 0 amide bonds. The van der Waals surface area contributed by atoms with E-state index < -0.39 is 40.5 Å². The number of rotatable bonds is 3. The van der Waals surface area contributed by atoms with Crippen LogP contribution >= 0.6 is 11.6 Å². The maximum absolute atomic E-state index is 14.5. The van der Waals surface area contributed by atoms with Crippen molar-refractivity contribution in [1.82, 2.24) is 0 Å². The largest absolute Gasteiger partial charge is 0.416 e. The average Bonchev–Trinajstić information content (AvgIpc) is 2.77. The summed E-state index contributed by atoms with van der Waals surface area (Å²) in [5, 5.41) is -0.141. The van der Waals surface area contributed by atoms with Crippen LogP contribution in [-0.2, 0) is 11.6 Å². The second kappa shape index (κ2) is 8.95. The van der Waals surface area contributed by atoms with Crippen LogP contribution in [0.3, 0.4) is 0 Å². The van der Waals surface area contributed by atoms with Crippen LogP contribution in [0.1, 0.15) is 59.9 Å². The van der Waals surface area contributed by atoms with Crippen LogP contribution in [-0.4, -0.2) is 0 Å². The van der Waals surface area contributed by atoms with Gasteiger partial charge in [0, 0.05) is 5.41 Å². The van der Waals surface area contributed by atoms with E-state index in [0.717, 1.165) is 30.7 Å². The lowest BCUT2D eigenvalue weighted by molar-refractivity contribution is -0.137. The minimum Gasteiger partial charge on any atom is -0.205 e. The van der Waals surface area contributed by atoms with Crippen LogP contribution in [0.5, 0.6) is 0 Å². The molecule has 3 unspecified atom stereocenters. The lowest BCUT2D eigenvalue weighted by Gasteiger charge is -2.48. The first-order chi connectivity index (χ1) is 15.9. The molecular weight excluding hydrogens is 474 g/mol. The van der Waals surface area contributed by atoms with Crippen molar-refractivity contribution < 1.29 is 26.3 Å². The number of halogens is 7. The minimum absolute atomic E-state index is 0.124. The van der Waals surface area contributed by atoms with E-state index in [1.165, 1.54) is 30.3 Å². The van der Waals surface area contributed by atoms with Gasteiger partial charge in [0.25, 0.3) is 0 Å². The van der Waals surface area contributed by atoms with E-state index in [1.54, 1.807) is 6.92 Å². The van der Waals surface area contributed by atoms with E-state index in [2.05, 4.69) is 0 Å². The smallest absolute Gasteiger partial charge is 0.205 e. The molecule has 3 aromatic rings. The Kier molecular flexibility index (Phi) is 6.49. The Morgan fingerprint density at radius 3 is 2.09 bits per heavy atom. The Bertz CT molecular complexity index is 1160. The van der Waals surface area contributed by atoms with E-state index in [1.807, 2.05) is 6.92 Å². The van der Waals surface area contributed by atoms with Crippen LogP contribution < -0.4 is 0 Å². The van der Waals surface area contributed by atoms with E-state index in [-0.39, 0.29) is 10.9 Å². The normalized spacial score (nSPS) is 23.2. The van der Waals surface area contributed by atoms with Gasteiger partial charge in [0.05, 0.1) is 10.6 Å². The first-order valence-corrected chi connectivity index (χ1v) is 11.4.